The van der Waals surface area contributed by atoms with Gasteiger partial charge in [0, 0.05) is 12.3 Å². The minimum absolute atomic E-state index is 0.0434. The molecule has 0 bridgehead atoms. The fourth-order valence-corrected chi connectivity index (χ4v) is 2.57. The van der Waals surface area contributed by atoms with Crippen molar-refractivity contribution in [2.45, 2.75) is 0 Å². The minimum Gasteiger partial charge on any atom is -0.494 e. The number of hydrogen-bond donors (Lipinski definition) is 3. The predicted octanol–water partition coefficient (Wildman–Crippen LogP) is 1.41. The second-order valence-electron chi connectivity index (χ2n) is 4.16. The molecule has 0 atom stereocenters. The average molecular weight is 324 g/mol. The molecular formula is C12H6F2N4O3S. The van der Waals surface area contributed by atoms with Crippen LogP contribution in [0.2, 0.25) is 0 Å². The van der Waals surface area contributed by atoms with Crippen molar-refractivity contribution >= 4 is 32.9 Å². The maximum Gasteiger partial charge on any atom is 0.328 e. The number of fused-ring (bicyclic) bond motifs is 1. The lowest BCUT2D eigenvalue weighted by atomic mass is 10.3. The molecule has 0 aliphatic heterocycles. The van der Waals surface area contributed by atoms with Crippen molar-refractivity contribution in [3.05, 3.63) is 50.2 Å². The second-order valence-corrected chi connectivity index (χ2v) is 5.17. The van der Waals surface area contributed by atoms with Gasteiger partial charge >= 0.3 is 5.69 Å². The van der Waals surface area contributed by atoms with Crippen molar-refractivity contribution in [3.63, 3.8) is 0 Å². The molecule has 3 aromatic rings. The molecule has 112 valence electrons. The van der Waals surface area contributed by atoms with Crippen molar-refractivity contribution in [2.24, 2.45) is 4.99 Å². The summed E-state index contributed by atoms with van der Waals surface area (Å²) in [6.45, 7) is 0. The Morgan fingerprint density at radius 3 is 2.77 bits per heavy atom. The van der Waals surface area contributed by atoms with Gasteiger partial charge in [-0.1, -0.05) is 11.3 Å². The van der Waals surface area contributed by atoms with Crippen LogP contribution in [0.15, 0.2) is 26.7 Å². The third-order valence-electron chi connectivity index (χ3n) is 2.66. The Morgan fingerprint density at radius 2 is 2.05 bits per heavy atom. The van der Waals surface area contributed by atoms with E-state index < -0.39 is 28.8 Å². The molecule has 22 heavy (non-hydrogen) atoms. The highest BCUT2D eigenvalue weighted by molar-refractivity contribution is 7.22. The lowest BCUT2D eigenvalue weighted by Gasteiger charge is -1.94. The first-order valence-electron chi connectivity index (χ1n) is 5.79. The van der Waals surface area contributed by atoms with Crippen LogP contribution in [0.3, 0.4) is 0 Å². The van der Waals surface area contributed by atoms with E-state index in [1.807, 2.05) is 9.97 Å². The number of rotatable bonds is 2. The van der Waals surface area contributed by atoms with E-state index in [0.717, 1.165) is 23.6 Å². The first-order valence-corrected chi connectivity index (χ1v) is 6.61. The number of nitrogens with zero attached hydrogens (tertiary/aromatic N) is 2. The molecule has 10 heteroatoms. The molecule has 3 rings (SSSR count). The fourth-order valence-electron chi connectivity index (χ4n) is 1.72. The van der Waals surface area contributed by atoms with Gasteiger partial charge in [0.2, 0.25) is 11.0 Å². The predicted molar refractivity (Wildman–Crippen MR) is 76.1 cm³/mol. The van der Waals surface area contributed by atoms with Gasteiger partial charge in [0.15, 0.2) is 5.82 Å². The third-order valence-corrected chi connectivity index (χ3v) is 3.58. The van der Waals surface area contributed by atoms with Gasteiger partial charge in [0.05, 0.1) is 4.70 Å². The summed E-state index contributed by atoms with van der Waals surface area (Å²) in [6, 6.07) is 1.81. The van der Waals surface area contributed by atoms with Crippen LogP contribution < -0.4 is 11.2 Å². The van der Waals surface area contributed by atoms with E-state index in [1.54, 1.807) is 0 Å². The molecule has 0 amide bonds. The zero-order valence-electron chi connectivity index (χ0n) is 10.6. The monoisotopic (exact) mass is 324 g/mol. The molecule has 0 saturated carbocycles. The van der Waals surface area contributed by atoms with Gasteiger partial charge < -0.3 is 5.11 Å². The average Bonchev–Trinajstić information content (AvgIpc) is 2.80. The SMILES string of the molecule is O=c1[nH]c(O)c(C=Nc2nc3c(F)cc(F)cc3s2)c(=O)[nH]1. The summed E-state index contributed by atoms with van der Waals surface area (Å²) < 4.78 is 26.9. The summed E-state index contributed by atoms with van der Waals surface area (Å²) in [5, 5.41) is 9.54. The van der Waals surface area contributed by atoms with Gasteiger partial charge in [-0.05, 0) is 6.07 Å². The van der Waals surface area contributed by atoms with E-state index in [1.165, 1.54) is 0 Å². The number of benzene rings is 1. The Hall–Kier alpha value is -2.88. The third kappa shape index (κ3) is 2.51. The normalized spacial score (nSPS) is 11.5. The van der Waals surface area contributed by atoms with Crippen LogP contribution in [-0.4, -0.2) is 26.3 Å². The number of aromatic nitrogens is 3. The van der Waals surface area contributed by atoms with E-state index in [0.29, 0.717) is 6.07 Å². The summed E-state index contributed by atoms with van der Waals surface area (Å²) in [6.07, 6.45) is 0.968. The van der Waals surface area contributed by atoms with Gasteiger partial charge in [-0.15, -0.1) is 0 Å². The molecule has 0 fully saturated rings. The van der Waals surface area contributed by atoms with Gasteiger partial charge in [0.1, 0.15) is 16.9 Å². The second kappa shape index (κ2) is 5.15. The van der Waals surface area contributed by atoms with E-state index in [2.05, 4.69) is 9.98 Å². The molecular weight excluding hydrogens is 318 g/mol. The molecule has 0 radical (unpaired) electrons. The zero-order valence-corrected chi connectivity index (χ0v) is 11.4. The topological polar surface area (TPSA) is 111 Å². The first kappa shape index (κ1) is 14.1. The maximum atomic E-state index is 13.5. The number of aliphatic imine (C=N–C) groups is 1. The number of aromatic hydroxyl groups is 1. The molecule has 0 saturated heterocycles. The smallest absolute Gasteiger partial charge is 0.328 e. The van der Waals surface area contributed by atoms with Crippen LogP contribution in [0, 0.1) is 11.6 Å². The first-order chi connectivity index (χ1) is 10.4. The number of H-pyrrole nitrogens is 2. The van der Waals surface area contributed by atoms with E-state index >= 15 is 0 Å². The van der Waals surface area contributed by atoms with Crippen LogP contribution in [0.25, 0.3) is 10.2 Å². The molecule has 0 spiro atoms. The van der Waals surface area contributed by atoms with Gasteiger partial charge in [-0.3, -0.25) is 14.8 Å². The molecule has 1 aromatic carbocycles. The Kier molecular flexibility index (Phi) is 3.29. The Labute approximate surface area is 123 Å². The summed E-state index contributed by atoms with van der Waals surface area (Å²) in [4.78, 5) is 34.0. The summed E-state index contributed by atoms with van der Waals surface area (Å²) >= 11 is 0.905. The van der Waals surface area contributed by atoms with Crippen molar-refractivity contribution in [3.8, 4) is 5.88 Å². The van der Waals surface area contributed by atoms with E-state index in [4.69, 9.17) is 0 Å². The Morgan fingerprint density at radius 1 is 1.27 bits per heavy atom. The lowest BCUT2D eigenvalue weighted by molar-refractivity contribution is 0.447. The van der Waals surface area contributed by atoms with Gasteiger partial charge in [-0.25, -0.2) is 23.6 Å². The van der Waals surface area contributed by atoms with Crippen LogP contribution in [0.1, 0.15) is 5.56 Å². The molecule has 0 aliphatic rings. The lowest BCUT2D eigenvalue weighted by Crippen LogP contribution is -2.24. The van der Waals surface area contributed by atoms with Crippen molar-refractivity contribution in [2.75, 3.05) is 0 Å². The van der Waals surface area contributed by atoms with Crippen molar-refractivity contribution < 1.29 is 13.9 Å². The number of thiazole rings is 1. The summed E-state index contributed by atoms with van der Waals surface area (Å²) in [5.74, 6) is -2.22. The van der Waals surface area contributed by atoms with E-state index in [-0.39, 0.29) is 20.9 Å². The number of aromatic amines is 2. The molecule has 0 unspecified atom stereocenters. The van der Waals surface area contributed by atoms with Gasteiger partial charge in [0.25, 0.3) is 5.56 Å². The molecule has 0 aliphatic carbocycles. The summed E-state index contributed by atoms with van der Waals surface area (Å²) in [7, 11) is 0. The summed E-state index contributed by atoms with van der Waals surface area (Å²) in [5.41, 5.74) is -2.04. The maximum absolute atomic E-state index is 13.5. The fraction of sp³-hybridized carbons (Fsp3) is 0. The van der Waals surface area contributed by atoms with E-state index in [9.17, 15) is 23.5 Å². The zero-order chi connectivity index (χ0) is 15.9. The largest absolute Gasteiger partial charge is 0.494 e. The molecule has 2 aromatic heterocycles. The Balaban J connectivity index is 2.05. The highest BCUT2D eigenvalue weighted by atomic mass is 32.1. The number of hydrogen-bond acceptors (Lipinski definition) is 6. The highest BCUT2D eigenvalue weighted by Crippen LogP contribution is 2.30. The highest BCUT2D eigenvalue weighted by Gasteiger charge is 2.11. The van der Waals surface area contributed by atoms with Crippen LogP contribution >= 0.6 is 11.3 Å². The van der Waals surface area contributed by atoms with Gasteiger partial charge in [-0.2, -0.15) is 0 Å². The molecule has 3 N–H and O–H groups in total. The Bertz CT molecular complexity index is 1020. The number of halogens is 2. The quantitative estimate of drug-likeness (QED) is 0.619. The van der Waals surface area contributed by atoms with Crippen LogP contribution in [-0.2, 0) is 0 Å². The molecule has 7 nitrogen and oxygen atoms in total. The minimum atomic E-state index is -0.864. The van der Waals surface area contributed by atoms with Crippen LogP contribution in [0.4, 0.5) is 13.9 Å². The van der Waals surface area contributed by atoms with Crippen molar-refractivity contribution in [1.29, 1.82) is 0 Å². The number of nitrogens with one attached hydrogen (secondary N) is 2. The molecule has 2 heterocycles. The van der Waals surface area contributed by atoms with Crippen molar-refractivity contribution in [1.82, 2.24) is 15.0 Å². The standard InChI is InChI=1S/C12H6F2N4O3S/c13-4-1-6(14)8-7(2-4)22-12(16-8)15-3-5-9(19)17-11(21)18-10(5)20/h1-3H,(H3,17,18,19,20,21). The van der Waals surface area contributed by atoms with Crippen LogP contribution in [0.5, 0.6) is 5.88 Å².